The van der Waals surface area contributed by atoms with E-state index < -0.39 is 26.8 Å². The summed E-state index contributed by atoms with van der Waals surface area (Å²) in [5, 5.41) is -0.135. The molecule has 0 unspecified atom stereocenters. The zero-order valence-corrected chi connectivity index (χ0v) is 35.6. The molecule has 12 heteroatoms. The van der Waals surface area contributed by atoms with E-state index in [1.807, 2.05) is 74.7 Å². The van der Waals surface area contributed by atoms with Gasteiger partial charge in [-0.25, -0.2) is 13.1 Å². The number of piperazine rings is 1. The van der Waals surface area contributed by atoms with Crippen LogP contribution >= 0.6 is 11.6 Å². The summed E-state index contributed by atoms with van der Waals surface area (Å²) < 4.78 is 50.6. The van der Waals surface area contributed by atoms with Gasteiger partial charge in [-0.1, -0.05) is 67.1 Å². The van der Waals surface area contributed by atoms with E-state index >= 15 is 0 Å². The molecular weight excluding hydrogens is 772 g/mol. The summed E-state index contributed by atoms with van der Waals surface area (Å²) in [6.07, 6.45) is 10.1. The number of morpholine rings is 1. The highest BCUT2D eigenvalue weighted by atomic mass is 35.5. The molecule has 1 saturated carbocycles. The van der Waals surface area contributed by atoms with E-state index in [-0.39, 0.29) is 18.3 Å². The first kappa shape index (κ1) is 41.3. The normalized spacial score (nSPS) is 30.2. The second-order valence-corrected chi connectivity index (χ2v) is 19.5. The van der Waals surface area contributed by atoms with Crippen molar-refractivity contribution in [2.45, 2.75) is 75.4 Å². The number of nitrogens with one attached hydrogen (secondary N) is 1. The Bertz CT molecular complexity index is 2050. The van der Waals surface area contributed by atoms with E-state index in [4.69, 9.17) is 25.8 Å². The van der Waals surface area contributed by atoms with Gasteiger partial charge in [0.05, 0.1) is 24.2 Å². The maximum atomic E-state index is 14.4. The highest BCUT2D eigenvalue weighted by Gasteiger charge is 2.49. The van der Waals surface area contributed by atoms with E-state index in [2.05, 4.69) is 31.6 Å². The van der Waals surface area contributed by atoms with Gasteiger partial charge in [0.15, 0.2) is 0 Å². The Labute approximate surface area is 349 Å². The first-order valence-corrected chi connectivity index (χ1v) is 23.2. The lowest BCUT2D eigenvalue weighted by atomic mass is 9.63. The highest BCUT2D eigenvalue weighted by molar-refractivity contribution is 7.90. The number of rotatable bonds is 5. The molecule has 4 heterocycles. The third kappa shape index (κ3) is 9.15. The van der Waals surface area contributed by atoms with Gasteiger partial charge in [-0.15, -0.1) is 0 Å². The molecular formula is C46H59ClN4O6S. The minimum Gasteiger partial charge on any atom is -0.487 e. The molecule has 8 rings (SSSR count). The molecule has 1 aliphatic carbocycles. The molecule has 312 valence electrons. The number of ether oxygens (including phenoxy) is 3. The first-order valence-electron chi connectivity index (χ1n) is 21.3. The molecule has 2 saturated heterocycles. The van der Waals surface area contributed by atoms with Crippen LogP contribution in [0.5, 0.6) is 5.75 Å². The Morgan fingerprint density at radius 2 is 1.83 bits per heavy atom. The van der Waals surface area contributed by atoms with Gasteiger partial charge in [-0.2, -0.15) is 0 Å². The summed E-state index contributed by atoms with van der Waals surface area (Å²) in [4.78, 5) is 21.6. The molecule has 0 spiro atoms. The topological polar surface area (TPSA) is 101 Å². The Kier molecular flexibility index (Phi) is 12.8. The fourth-order valence-corrected chi connectivity index (χ4v) is 11.9. The number of sulfonamides is 1. The number of carbonyl (C=O) groups excluding carboxylic acids is 1. The summed E-state index contributed by atoms with van der Waals surface area (Å²) >= 11 is 6.45. The van der Waals surface area contributed by atoms with Gasteiger partial charge in [-0.05, 0) is 110 Å². The number of anilines is 1. The summed E-state index contributed by atoms with van der Waals surface area (Å²) in [5.41, 5.74) is 3.70. The lowest BCUT2D eigenvalue weighted by Gasteiger charge is -2.53. The van der Waals surface area contributed by atoms with Crippen molar-refractivity contribution in [2.75, 3.05) is 71.0 Å². The lowest BCUT2D eigenvalue weighted by molar-refractivity contribution is -0.108. The summed E-state index contributed by atoms with van der Waals surface area (Å²) in [7, 11) is -2.26. The van der Waals surface area contributed by atoms with Crippen LogP contribution in [0, 0.1) is 17.8 Å². The zero-order chi connectivity index (χ0) is 40.3. The second-order valence-electron chi connectivity index (χ2n) is 17.2. The Balaban J connectivity index is 1.18. The molecule has 5 aliphatic rings. The summed E-state index contributed by atoms with van der Waals surface area (Å²) in [6, 6.07) is 21.4. The van der Waals surface area contributed by atoms with Crippen molar-refractivity contribution in [3.05, 3.63) is 106 Å². The van der Waals surface area contributed by atoms with Crippen LogP contribution < -0.4 is 14.4 Å². The summed E-state index contributed by atoms with van der Waals surface area (Å²) in [5.74, 6) is 0.306. The molecule has 10 nitrogen and oxygen atoms in total. The monoisotopic (exact) mass is 830 g/mol. The molecule has 0 aromatic heterocycles. The average molecular weight is 832 g/mol. The fraction of sp³-hybridized carbons (Fsp3) is 0.543. The van der Waals surface area contributed by atoms with E-state index in [1.54, 1.807) is 6.07 Å². The number of amides is 1. The maximum absolute atomic E-state index is 14.4. The fourth-order valence-electron chi connectivity index (χ4n) is 10.0. The SMILES string of the molecule is CO[C@@]1(CN2CCN3CCOC[C@@H]3C2)/C=C/C[C@H](C)[C@@H](Cc2ccccc2)S(=O)(=O)NC(=O)c2ccc3c(c2)N(CCCCc2cc(Cl)ccc2CO3)C[C@@H]2CC[C@H]21. The van der Waals surface area contributed by atoms with Crippen LogP contribution in [-0.2, 0) is 38.9 Å². The molecule has 6 atom stereocenters. The number of hydrogen-bond acceptors (Lipinski definition) is 9. The third-order valence-corrected chi connectivity index (χ3v) is 15.7. The summed E-state index contributed by atoms with van der Waals surface area (Å²) in [6.45, 7) is 10.0. The standard InChI is InChI=1S/C46H59ClN4O6S/c1-33-9-8-19-46(55-2,32-49-21-22-50-23-24-56-31-40(50)29-49)41-17-14-37(41)28-51-20-7-6-12-35-26-39(47)16-13-38(35)30-57-43-18-15-36(27-42(43)51)45(52)48-58(53,54)44(33)25-34-10-4-3-5-11-34/h3-5,8,10-11,13,15-16,18-19,26-27,33,37,40-41,44H,6-7,9,12,14,17,20-25,28-32H2,1-2H3,(H,48,52)/b19-8+/t33-,37-,40-,41+,44+,46+/m0/s1. The van der Waals surface area contributed by atoms with Gasteiger partial charge >= 0.3 is 0 Å². The predicted octanol–water partition coefficient (Wildman–Crippen LogP) is 6.76. The van der Waals surface area contributed by atoms with E-state index in [1.165, 1.54) is 5.56 Å². The third-order valence-electron chi connectivity index (χ3n) is 13.6. The van der Waals surface area contributed by atoms with Crippen LogP contribution in [0.4, 0.5) is 5.69 Å². The number of nitrogens with zero attached hydrogens (tertiary/aromatic N) is 3. The highest BCUT2D eigenvalue weighted by Crippen LogP contribution is 2.47. The molecule has 1 amide bonds. The largest absolute Gasteiger partial charge is 0.487 e. The molecule has 2 bridgehead atoms. The van der Waals surface area contributed by atoms with E-state index in [0.717, 1.165) is 108 Å². The van der Waals surface area contributed by atoms with Gasteiger partial charge in [-0.3, -0.25) is 14.6 Å². The average Bonchev–Trinajstić information content (AvgIpc) is 3.24. The van der Waals surface area contributed by atoms with Crippen LogP contribution in [0.1, 0.15) is 66.1 Å². The van der Waals surface area contributed by atoms with Gasteiger partial charge in [0, 0.05) is 69.6 Å². The van der Waals surface area contributed by atoms with Gasteiger partial charge < -0.3 is 19.1 Å². The quantitative estimate of drug-likeness (QED) is 0.280. The van der Waals surface area contributed by atoms with E-state index in [9.17, 15) is 13.2 Å². The molecule has 3 aromatic carbocycles. The number of carbonyl (C=O) groups is 1. The van der Waals surface area contributed by atoms with Crippen molar-refractivity contribution in [3.63, 3.8) is 0 Å². The molecule has 3 fully saturated rings. The van der Waals surface area contributed by atoms with Crippen molar-refractivity contribution in [3.8, 4) is 5.75 Å². The number of benzene rings is 3. The van der Waals surface area contributed by atoms with Crippen molar-refractivity contribution in [1.29, 1.82) is 0 Å². The van der Waals surface area contributed by atoms with Crippen molar-refractivity contribution in [2.24, 2.45) is 17.8 Å². The second kappa shape index (κ2) is 18.0. The van der Waals surface area contributed by atoms with E-state index in [0.29, 0.717) is 41.3 Å². The lowest BCUT2D eigenvalue weighted by Crippen LogP contribution is -2.62. The Morgan fingerprint density at radius 3 is 2.64 bits per heavy atom. The van der Waals surface area contributed by atoms with Crippen LogP contribution in [0.25, 0.3) is 0 Å². The van der Waals surface area contributed by atoms with Gasteiger partial charge in [0.25, 0.3) is 5.91 Å². The molecule has 1 N–H and O–H groups in total. The number of hydrogen-bond donors (Lipinski definition) is 1. The van der Waals surface area contributed by atoms with Crippen LogP contribution in [0.2, 0.25) is 5.02 Å². The Hall–Kier alpha value is -3.45. The predicted molar refractivity (Wildman–Crippen MR) is 229 cm³/mol. The van der Waals surface area contributed by atoms with Crippen LogP contribution in [-0.4, -0.2) is 107 Å². The number of fused-ring (bicyclic) bond motifs is 4. The van der Waals surface area contributed by atoms with Crippen molar-refractivity contribution in [1.82, 2.24) is 14.5 Å². The molecule has 4 aliphatic heterocycles. The van der Waals surface area contributed by atoms with Crippen molar-refractivity contribution >= 4 is 33.2 Å². The van der Waals surface area contributed by atoms with Gasteiger partial charge in [0.1, 0.15) is 18.0 Å². The maximum Gasteiger partial charge on any atom is 0.264 e. The number of halogens is 1. The van der Waals surface area contributed by atoms with Crippen LogP contribution in [0.15, 0.2) is 78.9 Å². The van der Waals surface area contributed by atoms with Crippen LogP contribution in [0.3, 0.4) is 0 Å². The minimum atomic E-state index is -4.12. The van der Waals surface area contributed by atoms with Gasteiger partial charge in [0.2, 0.25) is 10.0 Å². The first-order chi connectivity index (χ1) is 28.1. The minimum absolute atomic E-state index is 0.238. The molecule has 58 heavy (non-hydrogen) atoms. The molecule has 0 radical (unpaired) electrons. The zero-order valence-electron chi connectivity index (χ0n) is 34.0. The number of allylic oxidation sites excluding steroid dienone is 1. The molecule has 3 aromatic rings. The van der Waals surface area contributed by atoms with Crippen molar-refractivity contribution < 1.29 is 27.4 Å². The number of methoxy groups -OCH3 is 1. The number of aryl methyl sites for hydroxylation is 1. The smallest absolute Gasteiger partial charge is 0.264 e. The Morgan fingerprint density at radius 1 is 0.966 bits per heavy atom.